The molecule has 28 heavy (non-hydrogen) atoms. The summed E-state index contributed by atoms with van der Waals surface area (Å²) in [6.07, 6.45) is 0. The predicted octanol–water partition coefficient (Wildman–Crippen LogP) is 3.02. The maximum atomic E-state index is 5.37. The van der Waals surface area contributed by atoms with Gasteiger partial charge in [0.2, 0.25) is 0 Å². The monoisotopic (exact) mass is 384 g/mol. The van der Waals surface area contributed by atoms with Crippen molar-refractivity contribution in [1.82, 2.24) is 15.5 Å². The third-order valence-corrected chi connectivity index (χ3v) is 4.26. The molecule has 0 bridgehead atoms. The highest BCUT2D eigenvalue weighted by Crippen LogP contribution is 2.27. The second-order valence-electron chi connectivity index (χ2n) is 6.74. The molecule has 0 aliphatic heterocycles. The first-order valence-electron chi connectivity index (χ1n) is 9.52. The number of nitrogens with zero attached hydrogens (tertiary/aromatic N) is 2. The Labute approximate surface area is 168 Å². The van der Waals surface area contributed by atoms with E-state index in [2.05, 4.69) is 60.8 Å². The second-order valence-corrected chi connectivity index (χ2v) is 6.74. The average molecular weight is 385 g/mol. The number of benzene rings is 2. The minimum atomic E-state index is 0.551. The average Bonchev–Trinajstić information content (AvgIpc) is 2.70. The highest BCUT2D eigenvalue weighted by molar-refractivity contribution is 5.79. The van der Waals surface area contributed by atoms with E-state index in [1.165, 1.54) is 11.1 Å². The molecule has 0 heterocycles. The molecule has 0 unspecified atom stereocenters. The summed E-state index contributed by atoms with van der Waals surface area (Å²) in [5, 5.41) is 6.74. The molecule has 0 amide bonds. The van der Waals surface area contributed by atoms with Gasteiger partial charge < -0.3 is 25.0 Å². The molecule has 2 aromatic rings. The minimum Gasteiger partial charge on any atom is -0.493 e. The van der Waals surface area contributed by atoms with Gasteiger partial charge in [-0.05, 0) is 49.8 Å². The second kappa shape index (κ2) is 11.2. The summed E-state index contributed by atoms with van der Waals surface area (Å²) in [6, 6.07) is 14.3. The van der Waals surface area contributed by atoms with Gasteiger partial charge >= 0.3 is 0 Å². The number of methoxy groups -OCH3 is 2. The lowest BCUT2D eigenvalue weighted by Crippen LogP contribution is -2.37. The molecule has 0 fully saturated rings. The molecule has 152 valence electrons. The van der Waals surface area contributed by atoms with Gasteiger partial charge in [-0.15, -0.1) is 0 Å². The first-order chi connectivity index (χ1) is 13.6. The molecule has 0 aromatic heterocycles. The molecule has 6 heteroatoms. The van der Waals surface area contributed by atoms with Crippen LogP contribution in [0.5, 0.6) is 11.5 Å². The summed E-state index contributed by atoms with van der Waals surface area (Å²) >= 11 is 0. The van der Waals surface area contributed by atoms with Gasteiger partial charge in [-0.25, -0.2) is 4.99 Å². The van der Waals surface area contributed by atoms with Crippen molar-refractivity contribution in [2.75, 3.05) is 34.9 Å². The van der Waals surface area contributed by atoms with E-state index in [1.807, 2.05) is 18.2 Å². The first kappa shape index (κ1) is 21.6. The largest absolute Gasteiger partial charge is 0.493 e. The van der Waals surface area contributed by atoms with Crippen molar-refractivity contribution in [3.8, 4) is 11.5 Å². The zero-order valence-corrected chi connectivity index (χ0v) is 17.6. The lowest BCUT2D eigenvalue weighted by atomic mass is 10.1. The lowest BCUT2D eigenvalue weighted by Gasteiger charge is -2.16. The van der Waals surface area contributed by atoms with Crippen LogP contribution in [0.4, 0.5) is 0 Å². The van der Waals surface area contributed by atoms with Gasteiger partial charge in [-0.3, -0.25) is 0 Å². The van der Waals surface area contributed by atoms with Crippen LogP contribution in [-0.2, 0) is 19.6 Å². The normalized spacial score (nSPS) is 11.4. The third-order valence-electron chi connectivity index (χ3n) is 4.26. The maximum absolute atomic E-state index is 5.37. The molecular formula is C22H32N4O2. The summed E-state index contributed by atoms with van der Waals surface area (Å²) < 4.78 is 10.7. The highest BCUT2D eigenvalue weighted by atomic mass is 16.5. The quantitative estimate of drug-likeness (QED) is 0.514. The molecule has 6 nitrogen and oxygen atoms in total. The molecule has 2 aromatic carbocycles. The molecule has 0 aliphatic carbocycles. The van der Waals surface area contributed by atoms with Crippen LogP contribution in [0.2, 0.25) is 0 Å². The van der Waals surface area contributed by atoms with E-state index in [-0.39, 0.29) is 0 Å². The van der Waals surface area contributed by atoms with Gasteiger partial charge in [0.15, 0.2) is 17.5 Å². The van der Waals surface area contributed by atoms with Crippen molar-refractivity contribution in [3.63, 3.8) is 0 Å². The molecule has 0 aliphatic rings. The van der Waals surface area contributed by atoms with E-state index in [4.69, 9.17) is 14.5 Å². The van der Waals surface area contributed by atoms with Crippen molar-refractivity contribution in [2.24, 2.45) is 4.99 Å². The van der Waals surface area contributed by atoms with Crippen molar-refractivity contribution < 1.29 is 9.47 Å². The molecule has 0 saturated carbocycles. The van der Waals surface area contributed by atoms with Crippen molar-refractivity contribution in [3.05, 3.63) is 59.2 Å². The number of hydrogen-bond donors (Lipinski definition) is 2. The van der Waals surface area contributed by atoms with E-state index < -0.39 is 0 Å². The minimum absolute atomic E-state index is 0.551. The summed E-state index contributed by atoms with van der Waals surface area (Å²) in [4.78, 5) is 6.88. The van der Waals surface area contributed by atoms with Crippen LogP contribution in [0.3, 0.4) is 0 Å². The van der Waals surface area contributed by atoms with E-state index in [0.29, 0.717) is 12.3 Å². The molecule has 2 rings (SSSR count). The Morgan fingerprint density at radius 1 is 0.964 bits per heavy atom. The fourth-order valence-corrected chi connectivity index (χ4v) is 2.89. The molecule has 0 atom stereocenters. The Kier molecular flexibility index (Phi) is 8.62. The zero-order valence-electron chi connectivity index (χ0n) is 17.6. The molecule has 0 radical (unpaired) electrons. The fourth-order valence-electron chi connectivity index (χ4n) is 2.89. The highest BCUT2D eigenvalue weighted by Gasteiger charge is 2.06. The van der Waals surface area contributed by atoms with Crippen molar-refractivity contribution in [2.45, 2.75) is 26.6 Å². The van der Waals surface area contributed by atoms with Crippen LogP contribution in [0, 0.1) is 0 Å². The summed E-state index contributed by atoms with van der Waals surface area (Å²) in [6.45, 7) is 5.05. The summed E-state index contributed by atoms with van der Waals surface area (Å²) in [5.41, 5.74) is 3.64. The van der Waals surface area contributed by atoms with Crippen molar-refractivity contribution in [1.29, 1.82) is 0 Å². The molecular weight excluding hydrogens is 352 g/mol. The number of ether oxygens (including phenoxy) is 2. The zero-order chi connectivity index (χ0) is 20.4. The Bertz CT molecular complexity index is 775. The van der Waals surface area contributed by atoms with E-state index in [9.17, 15) is 0 Å². The molecule has 2 N–H and O–H groups in total. The van der Waals surface area contributed by atoms with Crippen LogP contribution in [-0.4, -0.2) is 45.7 Å². The Morgan fingerprint density at radius 3 is 2.32 bits per heavy atom. The van der Waals surface area contributed by atoms with E-state index in [0.717, 1.165) is 36.9 Å². The predicted molar refractivity (Wildman–Crippen MR) is 115 cm³/mol. The van der Waals surface area contributed by atoms with Crippen LogP contribution >= 0.6 is 0 Å². The van der Waals surface area contributed by atoms with Crippen LogP contribution in [0.1, 0.15) is 23.6 Å². The van der Waals surface area contributed by atoms with Crippen LogP contribution in [0.25, 0.3) is 0 Å². The molecule has 0 saturated heterocycles. The first-order valence-corrected chi connectivity index (χ1v) is 9.52. The SMILES string of the molecule is CCNC(=NCc1ccc(OC)c(OC)c1)NCc1ccccc1CN(C)C. The van der Waals surface area contributed by atoms with Gasteiger partial charge in [0.1, 0.15) is 0 Å². The van der Waals surface area contributed by atoms with Gasteiger partial charge in [0, 0.05) is 19.6 Å². The van der Waals surface area contributed by atoms with E-state index in [1.54, 1.807) is 14.2 Å². The van der Waals surface area contributed by atoms with Crippen LogP contribution in [0.15, 0.2) is 47.5 Å². The van der Waals surface area contributed by atoms with Gasteiger partial charge in [-0.2, -0.15) is 0 Å². The number of guanidine groups is 1. The number of aliphatic imine (C=N–C) groups is 1. The van der Waals surface area contributed by atoms with Crippen molar-refractivity contribution >= 4 is 5.96 Å². The smallest absolute Gasteiger partial charge is 0.191 e. The van der Waals surface area contributed by atoms with Gasteiger partial charge in [0.05, 0.1) is 20.8 Å². The molecule has 0 spiro atoms. The topological polar surface area (TPSA) is 58.1 Å². The third kappa shape index (κ3) is 6.46. The number of rotatable bonds is 9. The Morgan fingerprint density at radius 2 is 1.68 bits per heavy atom. The van der Waals surface area contributed by atoms with Gasteiger partial charge in [0.25, 0.3) is 0 Å². The number of nitrogens with one attached hydrogen (secondary N) is 2. The van der Waals surface area contributed by atoms with Crippen LogP contribution < -0.4 is 20.1 Å². The Balaban J connectivity index is 2.07. The standard InChI is InChI=1S/C22H32N4O2/c1-6-23-22(24-14-17-11-12-20(27-4)21(13-17)28-5)25-15-18-9-7-8-10-19(18)16-26(2)3/h7-13H,6,14-16H2,1-5H3,(H2,23,24,25). The maximum Gasteiger partial charge on any atom is 0.191 e. The summed E-state index contributed by atoms with van der Waals surface area (Å²) in [5.74, 6) is 2.22. The van der Waals surface area contributed by atoms with E-state index >= 15 is 0 Å². The fraction of sp³-hybridized carbons (Fsp3) is 0.409. The lowest BCUT2D eigenvalue weighted by molar-refractivity contribution is 0.354. The Hall–Kier alpha value is -2.73. The number of hydrogen-bond acceptors (Lipinski definition) is 4. The summed E-state index contributed by atoms with van der Waals surface area (Å²) in [7, 11) is 7.44. The van der Waals surface area contributed by atoms with Gasteiger partial charge in [-0.1, -0.05) is 30.3 Å².